The second-order valence-corrected chi connectivity index (χ2v) is 7.08. The number of hydrogen-bond acceptors (Lipinski definition) is 5. The van der Waals surface area contributed by atoms with Gasteiger partial charge in [-0.3, -0.25) is 9.69 Å². The van der Waals surface area contributed by atoms with Crippen LogP contribution in [0.25, 0.3) is 0 Å². The van der Waals surface area contributed by atoms with Crippen LogP contribution in [-0.4, -0.2) is 53.6 Å². The van der Waals surface area contributed by atoms with E-state index in [9.17, 15) is 4.79 Å². The molecule has 1 aliphatic heterocycles. The molecule has 0 atom stereocenters. The van der Waals surface area contributed by atoms with Gasteiger partial charge in [0, 0.05) is 44.7 Å². The third-order valence-electron chi connectivity index (χ3n) is 5.05. The molecular formula is C21H29N3O3. The minimum atomic E-state index is 0.228. The Labute approximate surface area is 161 Å². The predicted octanol–water partition coefficient (Wildman–Crippen LogP) is 3.18. The SMILES string of the molecule is Cc1noc(C)c1CN1CCCN(C(=O)CCCOc2ccccc2)CC1. The van der Waals surface area contributed by atoms with Crippen LogP contribution < -0.4 is 4.74 Å². The van der Waals surface area contributed by atoms with Crippen molar-refractivity contribution < 1.29 is 14.1 Å². The van der Waals surface area contributed by atoms with Gasteiger partial charge in [-0.2, -0.15) is 0 Å². The molecule has 3 rings (SSSR count). The molecule has 1 fully saturated rings. The maximum absolute atomic E-state index is 12.5. The van der Waals surface area contributed by atoms with Gasteiger partial charge in [0.2, 0.25) is 5.91 Å². The lowest BCUT2D eigenvalue weighted by Gasteiger charge is -2.22. The Morgan fingerprint density at radius 1 is 1.15 bits per heavy atom. The van der Waals surface area contributed by atoms with Crippen molar-refractivity contribution in [1.82, 2.24) is 15.0 Å². The number of hydrogen-bond donors (Lipinski definition) is 0. The molecule has 146 valence electrons. The standard InChI is InChI=1S/C21H29N3O3/c1-17-20(18(2)27-22-17)16-23-11-7-12-24(14-13-23)21(25)10-6-15-26-19-8-4-3-5-9-19/h3-5,8-9H,6-7,10-16H2,1-2H3. The molecule has 0 aliphatic carbocycles. The molecule has 1 saturated heterocycles. The molecule has 0 bridgehead atoms. The van der Waals surface area contributed by atoms with Gasteiger partial charge < -0.3 is 14.2 Å². The zero-order valence-corrected chi connectivity index (χ0v) is 16.3. The summed E-state index contributed by atoms with van der Waals surface area (Å²) in [4.78, 5) is 16.9. The van der Waals surface area contributed by atoms with Crippen LogP contribution in [0.1, 0.15) is 36.3 Å². The van der Waals surface area contributed by atoms with E-state index in [1.165, 1.54) is 5.56 Å². The maximum Gasteiger partial charge on any atom is 0.222 e. The number of carbonyl (C=O) groups excluding carboxylic acids is 1. The molecule has 1 aromatic heterocycles. The van der Waals surface area contributed by atoms with Crippen molar-refractivity contribution in [2.75, 3.05) is 32.8 Å². The fraction of sp³-hybridized carbons (Fsp3) is 0.524. The number of ether oxygens (including phenoxy) is 1. The van der Waals surface area contributed by atoms with Crippen molar-refractivity contribution in [2.24, 2.45) is 0 Å². The average molecular weight is 371 g/mol. The van der Waals surface area contributed by atoms with Gasteiger partial charge in [-0.15, -0.1) is 0 Å². The summed E-state index contributed by atoms with van der Waals surface area (Å²) < 4.78 is 10.9. The molecule has 0 saturated carbocycles. The third-order valence-corrected chi connectivity index (χ3v) is 5.05. The smallest absolute Gasteiger partial charge is 0.222 e. The summed E-state index contributed by atoms with van der Waals surface area (Å²) in [5.41, 5.74) is 2.14. The molecule has 0 spiro atoms. The first kappa shape index (κ1) is 19.4. The summed E-state index contributed by atoms with van der Waals surface area (Å²) in [6, 6.07) is 9.73. The quantitative estimate of drug-likeness (QED) is 0.700. The molecule has 6 nitrogen and oxygen atoms in total. The van der Waals surface area contributed by atoms with Gasteiger partial charge in [0.05, 0.1) is 12.3 Å². The maximum atomic E-state index is 12.5. The number of carbonyl (C=O) groups is 1. The zero-order valence-electron chi connectivity index (χ0n) is 16.3. The van der Waals surface area contributed by atoms with Gasteiger partial charge in [-0.05, 0) is 38.8 Å². The third kappa shape index (κ3) is 5.57. The van der Waals surface area contributed by atoms with Crippen molar-refractivity contribution >= 4 is 5.91 Å². The summed E-state index contributed by atoms with van der Waals surface area (Å²) in [7, 11) is 0. The Balaban J connectivity index is 1.40. The Morgan fingerprint density at radius 3 is 2.70 bits per heavy atom. The fourth-order valence-corrected chi connectivity index (χ4v) is 3.42. The number of benzene rings is 1. The number of aryl methyl sites for hydroxylation is 2. The summed E-state index contributed by atoms with van der Waals surface area (Å²) in [6.07, 6.45) is 2.28. The Morgan fingerprint density at radius 2 is 1.96 bits per heavy atom. The fourth-order valence-electron chi connectivity index (χ4n) is 3.42. The molecule has 0 unspecified atom stereocenters. The minimum Gasteiger partial charge on any atom is -0.494 e. The number of aromatic nitrogens is 1. The van der Waals surface area contributed by atoms with Crippen LogP contribution in [0.15, 0.2) is 34.9 Å². The van der Waals surface area contributed by atoms with Crippen LogP contribution in [0.2, 0.25) is 0 Å². The molecule has 2 aromatic rings. The number of rotatable bonds is 7. The van der Waals surface area contributed by atoms with Crippen molar-refractivity contribution in [3.05, 3.63) is 47.3 Å². The molecule has 1 aromatic carbocycles. The van der Waals surface area contributed by atoms with Gasteiger partial charge in [0.1, 0.15) is 11.5 Å². The second kappa shape index (κ2) is 9.55. The lowest BCUT2D eigenvalue weighted by atomic mass is 10.2. The van der Waals surface area contributed by atoms with E-state index >= 15 is 0 Å². The highest BCUT2D eigenvalue weighted by Crippen LogP contribution is 2.17. The molecule has 27 heavy (non-hydrogen) atoms. The monoisotopic (exact) mass is 371 g/mol. The van der Waals surface area contributed by atoms with E-state index in [1.807, 2.05) is 49.1 Å². The number of para-hydroxylation sites is 1. The summed E-state index contributed by atoms with van der Waals surface area (Å²) in [5, 5.41) is 4.03. The number of amides is 1. The van der Waals surface area contributed by atoms with Gasteiger partial charge >= 0.3 is 0 Å². The van der Waals surface area contributed by atoms with Crippen LogP contribution in [0.5, 0.6) is 5.75 Å². The van der Waals surface area contributed by atoms with Crippen molar-refractivity contribution in [1.29, 1.82) is 0 Å². The van der Waals surface area contributed by atoms with E-state index in [1.54, 1.807) is 0 Å². The molecule has 1 amide bonds. The van der Waals surface area contributed by atoms with Crippen molar-refractivity contribution in [3.8, 4) is 5.75 Å². The van der Waals surface area contributed by atoms with E-state index in [-0.39, 0.29) is 5.91 Å². The molecule has 0 N–H and O–H groups in total. The highest BCUT2D eigenvalue weighted by atomic mass is 16.5. The Bertz CT molecular complexity index is 710. The van der Waals surface area contributed by atoms with Crippen LogP contribution in [0, 0.1) is 13.8 Å². The first-order valence-corrected chi connectivity index (χ1v) is 9.73. The molecule has 2 heterocycles. The summed E-state index contributed by atoms with van der Waals surface area (Å²) >= 11 is 0. The Kier molecular flexibility index (Phi) is 6.87. The Hall–Kier alpha value is -2.34. The van der Waals surface area contributed by atoms with Crippen molar-refractivity contribution in [3.63, 3.8) is 0 Å². The van der Waals surface area contributed by atoms with Crippen LogP contribution in [0.4, 0.5) is 0 Å². The lowest BCUT2D eigenvalue weighted by Crippen LogP contribution is -2.35. The van der Waals surface area contributed by atoms with Crippen LogP contribution >= 0.6 is 0 Å². The van der Waals surface area contributed by atoms with Gasteiger partial charge in [-0.1, -0.05) is 23.4 Å². The highest BCUT2D eigenvalue weighted by molar-refractivity contribution is 5.76. The minimum absolute atomic E-state index is 0.228. The second-order valence-electron chi connectivity index (χ2n) is 7.08. The summed E-state index contributed by atoms with van der Waals surface area (Å²) in [6.45, 7) is 8.84. The largest absolute Gasteiger partial charge is 0.494 e. The lowest BCUT2D eigenvalue weighted by molar-refractivity contribution is -0.131. The van der Waals surface area contributed by atoms with E-state index in [2.05, 4.69) is 10.1 Å². The van der Waals surface area contributed by atoms with E-state index < -0.39 is 0 Å². The number of nitrogens with zero attached hydrogens (tertiary/aromatic N) is 3. The molecule has 1 aliphatic rings. The topological polar surface area (TPSA) is 58.8 Å². The average Bonchev–Trinajstić information content (AvgIpc) is 2.88. The van der Waals surface area contributed by atoms with Gasteiger partial charge in [0.25, 0.3) is 0 Å². The van der Waals surface area contributed by atoms with Gasteiger partial charge in [-0.25, -0.2) is 0 Å². The molecule has 6 heteroatoms. The molecular weight excluding hydrogens is 342 g/mol. The van der Waals surface area contributed by atoms with E-state index in [0.29, 0.717) is 13.0 Å². The van der Waals surface area contributed by atoms with E-state index in [0.717, 1.165) is 62.8 Å². The van der Waals surface area contributed by atoms with Gasteiger partial charge in [0.15, 0.2) is 0 Å². The van der Waals surface area contributed by atoms with Crippen LogP contribution in [0.3, 0.4) is 0 Å². The highest BCUT2D eigenvalue weighted by Gasteiger charge is 2.20. The zero-order chi connectivity index (χ0) is 19.1. The molecule has 0 radical (unpaired) electrons. The first-order chi connectivity index (χ1) is 13.1. The predicted molar refractivity (Wildman–Crippen MR) is 104 cm³/mol. The van der Waals surface area contributed by atoms with Crippen molar-refractivity contribution in [2.45, 2.75) is 39.7 Å². The summed E-state index contributed by atoms with van der Waals surface area (Å²) in [5.74, 6) is 1.98. The van der Waals surface area contributed by atoms with Crippen LogP contribution in [-0.2, 0) is 11.3 Å². The van der Waals surface area contributed by atoms with E-state index in [4.69, 9.17) is 9.26 Å². The normalized spacial score (nSPS) is 15.6. The first-order valence-electron chi connectivity index (χ1n) is 9.73.